The molecule has 0 radical (unpaired) electrons. The van der Waals surface area contributed by atoms with Crippen LogP contribution in [-0.2, 0) is 17.8 Å². The van der Waals surface area contributed by atoms with E-state index < -0.39 is 0 Å². The molecule has 2 aromatic heterocycles. The summed E-state index contributed by atoms with van der Waals surface area (Å²) >= 11 is 1.35. The number of carbonyl (C=O) groups is 1. The highest BCUT2D eigenvalue weighted by Gasteiger charge is 2.20. The molecule has 8 nitrogen and oxygen atoms in total. The highest BCUT2D eigenvalue weighted by Crippen LogP contribution is 2.24. The third-order valence-corrected chi connectivity index (χ3v) is 5.92. The lowest BCUT2D eigenvalue weighted by Gasteiger charge is -2.16. The van der Waals surface area contributed by atoms with E-state index in [1.807, 2.05) is 30.9 Å². The van der Waals surface area contributed by atoms with Gasteiger partial charge in [0.25, 0.3) is 0 Å². The summed E-state index contributed by atoms with van der Waals surface area (Å²) in [7, 11) is 1.73. The van der Waals surface area contributed by atoms with E-state index in [0.29, 0.717) is 29.7 Å². The van der Waals surface area contributed by atoms with Crippen LogP contribution in [0.25, 0.3) is 0 Å². The molecule has 2 heterocycles. The number of aliphatic imine (C=N–C) groups is 1. The van der Waals surface area contributed by atoms with Crippen LogP contribution in [0.2, 0.25) is 0 Å². The smallest absolute Gasteiger partial charge is 0.350 e. The number of carbonyl (C=O) groups excluding carboxylic acids is 1. The summed E-state index contributed by atoms with van der Waals surface area (Å²) in [5.74, 6) is 0.340. The zero-order chi connectivity index (χ0) is 22.2. The molecular formula is C22H29IN6O2S. The van der Waals surface area contributed by atoms with Crippen LogP contribution in [0.3, 0.4) is 0 Å². The Balaban J connectivity index is 0.00000363. The molecule has 0 aliphatic carbocycles. The highest BCUT2D eigenvalue weighted by atomic mass is 127. The molecule has 0 spiro atoms. The second kappa shape index (κ2) is 12.5. The first-order valence-electron chi connectivity index (χ1n) is 10.1. The lowest BCUT2D eigenvalue weighted by Crippen LogP contribution is -2.38. The largest absolute Gasteiger partial charge is 0.462 e. The Morgan fingerprint density at radius 1 is 1.34 bits per heavy atom. The Labute approximate surface area is 209 Å². The Kier molecular flexibility index (Phi) is 10.1. The number of rotatable bonds is 8. The molecule has 0 aliphatic rings. The van der Waals surface area contributed by atoms with Crippen molar-refractivity contribution in [3.8, 4) is 0 Å². The molecule has 0 bridgehead atoms. The van der Waals surface area contributed by atoms with E-state index in [0.717, 1.165) is 17.1 Å². The minimum Gasteiger partial charge on any atom is -0.462 e. The second-order valence-corrected chi connectivity index (χ2v) is 8.06. The minimum atomic E-state index is -0.325. The predicted octanol–water partition coefficient (Wildman–Crippen LogP) is 3.92. The molecule has 1 unspecified atom stereocenters. The van der Waals surface area contributed by atoms with Crippen molar-refractivity contribution in [2.24, 2.45) is 4.99 Å². The topological polar surface area (TPSA) is 93.4 Å². The Morgan fingerprint density at radius 2 is 2.12 bits per heavy atom. The summed E-state index contributed by atoms with van der Waals surface area (Å²) in [5, 5.41) is 7.49. The van der Waals surface area contributed by atoms with Gasteiger partial charge in [-0.1, -0.05) is 24.3 Å². The first-order valence-corrected chi connectivity index (χ1v) is 11.0. The number of guanidine groups is 1. The summed E-state index contributed by atoms with van der Waals surface area (Å²) in [6.07, 6.45) is 5.54. The highest BCUT2D eigenvalue weighted by molar-refractivity contribution is 14.0. The Bertz CT molecular complexity index is 1030. The number of ether oxygens (including phenoxy) is 1. The zero-order valence-electron chi connectivity index (χ0n) is 18.7. The first-order chi connectivity index (χ1) is 15.0. The summed E-state index contributed by atoms with van der Waals surface area (Å²) < 4.78 is 7.14. The predicted molar refractivity (Wildman–Crippen MR) is 138 cm³/mol. The number of thiazole rings is 1. The third-order valence-electron chi connectivity index (χ3n) is 4.60. The van der Waals surface area contributed by atoms with Crippen molar-refractivity contribution >= 4 is 47.2 Å². The number of nitrogens with one attached hydrogen (secondary N) is 2. The summed E-state index contributed by atoms with van der Waals surface area (Å²) in [6.45, 7) is 7.37. The minimum absolute atomic E-state index is 0. The number of esters is 1. The molecule has 3 rings (SSSR count). The van der Waals surface area contributed by atoms with Gasteiger partial charge in [-0.25, -0.2) is 14.8 Å². The van der Waals surface area contributed by atoms with Crippen LogP contribution in [0.15, 0.2) is 48.0 Å². The molecule has 2 N–H and O–H groups in total. The molecule has 0 aliphatic heterocycles. The molecule has 0 saturated carbocycles. The number of benzene rings is 1. The first kappa shape index (κ1) is 25.8. The average molecular weight is 568 g/mol. The monoisotopic (exact) mass is 568 g/mol. The zero-order valence-corrected chi connectivity index (χ0v) is 21.8. The SMILES string of the molecule is CCOC(=O)c1sc(C(C)NC(=NC)NCc2cccc(Cn3ccnc3)c2)nc1C.I. The van der Waals surface area contributed by atoms with Crippen molar-refractivity contribution in [1.29, 1.82) is 0 Å². The van der Waals surface area contributed by atoms with Gasteiger partial charge in [-0.3, -0.25) is 4.99 Å². The maximum Gasteiger partial charge on any atom is 0.350 e. The van der Waals surface area contributed by atoms with Gasteiger partial charge in [0, 0.05) is 32.5 Å². The van der Waals surface area contributed by atoms with E-state index in [9.17, 15) is 4.79 Å². The number of halogens is 1. The van der Waals surface area contributed by atoms with E-state index in [1.165, 1.54) is 16.9 Å². The quantitative estimate of drug-likeness (QED) is 0.185. The van der Waals surface area contributed by atoms with Gasteiger partial charge in [0.05, 0.1) is 24.7 Å². The average Bonchev–Trinajstić information content (AvgIpc) is 3.41. The van der Waals surface area contributed by atoms with Crippen molar-refractivity contribution in [2.75, 3.05) is 13.7 Å². The van der Waals surface area contributed by atoms with E-state index >= 15 is 0 Å². The Morgan fingerprint density at radius 3 is 2.81 bits per heavy atom. The summed E-state index contributed by atoms with van der Waals surface area (Å²) in [4.78, 5) is 25.5. The third kappa shape index (κ3) is 7.02. The van der Waals surface area contributed by atoms with Crippen molar-refractivity contribution in [3.05, 3.63) is 69.7 Å². The van der Waals surface area contributed by atoms with E-state index in [4.69, 9.17) is 4.74 Å². The number of aromatic nitrogens is 3. The fraction of sp³-hybridized carbons (Fsp3) is 0.364. The van der Waals surface area contributed by atoms with Gasteiger partial charge >= 0.3 is 5.97 Å². The van der Waals surface area contributed by atoms with E-state index in [-0.39, 0.29) is 36.0 Å². The van der Waals surface area contributed by atoms with Crippen molar-refractivity contribution in [2.45, 2.75) is 39.9 Å². The molecule has 0 saturated heterocycles. The van der Waals surface area contributed by atoms with Gasteiger partial charge in [-0.15, -0.1) is 35.3 Å². The van der Waals surface area contributed by atoms with Crippen LogP contribution in [0.1, 0.15) is 51.4 Å². The second-order valence-electron chi connectivity index (χ2n) is 7.03. The van der Waals surface area contributed by atoms with E-state index in [2.05, 4.69) is 49.9 Å². The van der Waals surface area contributed by atoms with Crippen molar-refractivity contribution in [3.63, 3.8) is 0 Å². The van der Waals surface area contributed by atoms with Crippen LogP contribution >= 0.6 is 35.3 Å². The molecule has 3 aromatic rings. The van der Waals surface area contributed by atoms with Gasteiger partial charge in [0.15, 0.2) is 5.96 Å². The molecule has 0 fully saturated rings. The molecule has 32 heavy (non-hydrogen) atoms. The fourth-order valence-corrected chi connectivity index (χ4v) is 4.03. The molecule has 1 atom stereocenters. The number of imidazole rings is 1. The molecule has 1 aromatic carbocycles. The molecular weight excluding hydrogens is 539 g/mol. The van der Waals surface area contributed by atoms with Crippen LogP contribution in [0, 0.1) is 6.92 Å². The molecule has 10 heteroatoms. The molecule has 172 valence electrons. The Hall–Kier alpha value is -2.47. The number of hydrogen-bond donors (Lipinski definition) is 2. The van der Waals surface area contributed by atoms with Gasteiger partial charge in [0.2, 0.25) is 0 Å². The van der Waals surface area contributed by atoms with Crippen LogP contribution < -0.4 is 10.6 Å². The van der Waals surface area contributed by atoms with E-state index in [1.54, 1.807) is 20.2 Å². The van der Waals surface area contributed by atoms with Crippen molar-refractivity contribution in [1.82, 2.24) is 25.2 Å². The maximum absolute atomic E-state index is 12.1. The van der Waals surface area contributed by atoms with Gasteiger partial charge in [0.1, 0.15) is 9.88 Å². The lowest BCUT2D eigenvalue weighted by atomic mass is 10.1. The van der Waals surface area contributed by atoms with Crippen LogP contribution in [0.4, 0.5) is 0 Å². The maximum atomic E-state index is 12.1. The van der Waals surface area contributed by atoms with Crippen LogP contribution in [-0.4, -0.2) is 40.1 Å². The lowest BCUT2D eigenvalue weighted by molar-refractivity contribution is 0.0531. The van der Waals surface area contributed by atoms with Gasteiger partial charge in [-0.05, 0) is 31.9 Å². The standard InChI is InChI=1S/C22H28N6O2S.HI/c1-5-30-21(29)19-15(2)26-20(31-19)16(3)27-22(23-4)25-12-17-7-6-8-18(11-17)13-28-10-9-24-14-28;/h6-11,14,16H,5,12-13H2,1-4H3,(H2,23,25,27);1H. The molecule has 0 amide bonds. The number of nitrogens with zero attached hydrogens (tertiary/aromatic N) is 4. The summed E-state index contributed by atoms with van der Waals surface area (Å²) in [5.41, 5.74) is 3.05. The normalized spacial score (nSPS) is 12.1. The fourth-order valence-electron chi connectivity index (χ4n) is 3.06. The van der Waals surface area contributed by atoms with Crippen molar-refractivity contribution < 1.29 is 9.53 Å². The number of aryl methyl sites for hydroxylation is 1. The van der Waals surface area contributed by atoms with Gasteiger partial charge < -0.3 is 19.9 Å². The number of hydrogen-bond acceptors (Lipinski definition) is 6. The summed E-state index contributed by atoms with van der Waals surface area (Å²) in [6, 6.07) is 8.30. The van der Waals surface area contributed by atoms with Crippen LogP contribution in [0.5, 0.6) is 0 Å². The van der Waals surface area contributed by atoms with Gasteiger partial charge in [-0.2, -0.15) is 0 Å².